The Kier molecular flexibility index (Phi) is 5.81. The van der Waals surface area contributed by atoms with E-state index in [1.807, 2.05) is 38.1 Å². The van der Waals surface area contributed by atoms with Gasteiger partial charge in [0, 0.05) is 18.2 Å². The van der Waals surface area contributed by atoms with Crippen LogP contribution in [-0.4, -0.2) is 30.7 Å². The lowest BCUT2D eigenvalue weighted by Crippen LogP contribution is -2.32. The third kappa shape index (κ3) is 3.93. The number of aryl methyl sites for hydroxylation is 2. The average molecular weight is 460 g/mol. The highest BCUT2D eigenvalue weighted by atomic mass is 16.2. The number of aromatic nitrogens is 4. The molecule has 5 rings (SSSR count). The number of carbonyl (C=O) groups excluding carboxylic acids is 1. The number of hydrogen-bond donors (Lipinski definition) is 1. The Morgan fingerprint density at radius 2 is 1.91 bits per heavy atom. The van der Waals surface area contributed by atoms with Crippen LogP contribution in [0.5, 0.6) is 0 Å². The van der Waals surface area contributed by atoms with Gasteiger partial charge in [-0.1, -0.05) is 49.6 Å². The van der Waals surface area contributed by atoms with Crippen LogP contribution in [0.1, 0.15) is 60.5 Å². The van der Waals surface area contributed by atoms with Gasteiger partial charge in [-0.25, -0.2) is 13.9 Å². The maximum Gasteiger partial charge on any atom is 0.352 e. The quantitative estimate of drug-likeness (QED) is 0.479. The summed E-state index contributed by atoms with van der Waals surface area (Å²) in [6, 6.07) is 13.1. The molecule has 2 heterocycles. The van der Waals surface area contributed by atoms with Crippen molar-refractivity contribution in [1.29, 1.82) is 0 Å². The first-order valence-corrected chi connectivity index (χ1v) is 12.0. The zero-order valence-electron chi connectivity index (χ0n) is 19.6. The van der Waals surface area contributed by atoms with E-state index >= 15 is 0 Å². The minimum absolute atomic E-state index is 0.181. The van der Waals surface area contributed by atoms with Crippen molar-refractivity contribution in [3.05, 3.63) is 80.0 Å². The van der Waals surface area contributed by atoms with Crippen LogP contribution in [0.2, 0.25) is 0 Å². The molecule has 0 bridgehead atoms. The van der Waals surface area contributed by atoms with Gasteiger partial charge in [-0.05, 0) is 49.9 Å². The Balaban J connectivity index is 1.67. The number of carbonyl (C=O) groups is 1. The van der Waals surface area contributed by atoms with Crippen molar-refractivity contribution >= 4 is 22.6 Å². The molecule has 0 radical (unpaired) electrons. The van der Waals surface area contributed by atoms with E-state index in [1.54, 1.807) is 22.8 Å². The highest BCUT2D eigenvalue weighted by Gasteiger charge is 2.21. The van der Waals surface area contributed by atoms with Crippen LogP contribution >= 0.6 is 0 Å². The minimum Gasteiger partial charge on any atom is -0.349 e. The molecule has 2 aromatic carbocycles. The molecule has 0 atom stereocenters. The Hall–Kier alpha value is -3.68. The van der Waals surface area contributed by atoms with Crippen molar-refractivity contribution in [2.24, 2.45) is 0 Å². The normalized spacial score (nSPS) is 14.3. The highest BCUT2D eigenvalue weighted by molar-refractivity contribution is 5.98. The van der Waals surface area contributed by atoms with Crippen molar-refractivity contribution in [2.45, 2.75) is 65.1 Å². The summed E-state index contributed by atoms with van der Waals surface area (Å²) < 4.78 is 4.41. The third-order valence-corrected chi connectivity index (χ3v) is 6.59. The van der Waals surface area contributed by atoms with Crippen molar-refractivity contribution in [3.63, 3.8) is 0 Å². The number of amides is 1. The maximum absolute atomic E-state index is 13.5. The van der Waals surface area contributed by atoms with Gasteiger partial charge in [-0.2, -0.15) is 0 Å². The van der Waals surface area contributed by atoms with Gasteiger partial charge in [-0.3, -0.25) is 14.2 Å². The smallest absolute Gasteiger partial charge is 0.349 e. The maximum atomic E-state index is 13.5. The topological polar surface area (TPSA) is 90.4 Å². The summed E-state index contributed by atoms with van der Waals surface area (Å²) >= 11 is 0. The SMILES string of the molecule is CCCn1c(=O)c2ccc(C(=O)NC3CCCC3)cc2n2c(=O)n(Cc3cccc(C)c3)nc12. The summed E-state index contributed by atoms with van der Waals surface area (Å²) in [5, 5.41) is 8.03. The number of hydrogen-bond acceptors (Lipinski definition) is 4. The fraction of sp³-hybridized carbons (Fsp3) is 0.385. The summed E-state index contributed by atoms with van der Waals surface area (Å²) in [6.45, 7) is 4.72. The van der Waals surface area contributed by atoms with E-state index in [0.29, 0.717) is 35.3 Å². The first-order valence-electron chi connectivity index (χ1n) is 12.0. The number of fused-ring (bicyclic) bond motifs is 3. The van der Waals surface area contributed by atoms with Gasteiger partial charge in [0.1, 0.15) is 0 Å². The van der Waals surface area contributed by atoms with E-state index in [2.05, 4.69) is 10.4 Å². The van der Waals surface area contributed by atoms with Crippen LogP contribution in [0.4, 0.5) is 0 Å². The average Bonchev–Trinajstić information content (AvgIpc) is 3.44. The van der Waals surface area contributed by atoms with Crippen molar-refractivity contribution in [2.75, 3.05) is 0 Å². The van der Waals surface area contributed by atoms with Gasteiger partial charge >= 0.3 is 5.69 Å². The second-order valence-electron chi connectivity index (χ2n) is 9.21. The molecule has 2 aromatic heterocycles. The Labute approximate surface area is 196 Å². The van der Waals surface area contributed by atoms with Crippen LogP contribution < -0.4 is 16.6 Å². The molecule has 176 valence electrons. The molecule has 4 aromatic rings. The summed E-state index contributed by atoms with van der Waals surface area (Å²) in [4.78, 5) is 39.7. The summed E-state index contributed by atoms with van der Waals surface area (Å²) in [5.41, 5.74) is 2.36. The van der Waals surface area contributed by atoms with Gasteiger partial charge < -0.3 is 5.32 Å². The molecule has 1 aliphatic carbocycles. The molecule has 8 nitrogen and oxygen atoms in total. The second kappa shape index (κ2) is 8.93. The standard InChI is InChI=1S/C26H29N5O3/c1-3-13-29-24(33)21-12-11-19(23(32)27-20-9-4-5-10-20)15-22(21)31-25(29)28-30(26(31)34)16-18-8-6-7-17(2)14-18/h6-8,11-12,14-15,20H,3-5,9-10,13,16H2,1-2H3,(H,27,32). The van der Waals surface area contributed by atoms with E-state index in [4.69, 9.17) is 0 Å². The Morgan fingerprint density at radius 1 is 1.12 bits per heavy atom. The van der Waals surface area contributed by atoms with Crippen LogP contribution in [0.3, 0.4) is 0 Å². The molecule has 1 fully saturated rings. The fourth-order valence-corrected chi connectivity index (χ4v) is 4.91. The predicted octanol–water partition coefficient (Wildman–Crippen LogP) is 3.25. The molecule has 1 saturated carbocycles. The monoisotopic (exact) mass is 459 g/mol. The van der Waals surface area contributed by atoms with Gasteiger partial charge in [0.2, 0.25) is 5.78 Å². The minimum atomic E-state index is -0.334. The molecule has 0 aliphatic heterocycles. The van der Waals surface area contributed by atoms with Crippen LogP contribution in [0, 0.1) is 6.92 Å². The van der Waals surface area contributed by atoms with E-state index in [-0.39, 0.29) is 23.2 Å². The number of rotatable bonds is 6. The van der Waals surface area contributed by atoms with Gasteiger partial charge in [0.25, 0.3) is 11.5 Å². The molecule has 0 saturated heterocycles. The zero-order valence-corrected chi connectivity index (χ0v) is 19.6. The fourth-order valence-electron chi connectivity index (χ4n) is 4.91. The summed E-state index contributed by atoms with van der Waals surface area (Å²) in [6.07, 6.45) is 4.93. The lowest BCUT2D eigenvalue weighted by molar-refractivity contribution is 0.0938. The molecular weight excluding hydrogens is 430 g/mol. The molecule has 1 N–H and O–H groups in total. The van der Waals surface area contributed by atoms with Crippen LogP contribution in [-0.2, 0) is 13.1 Å². The first kappa shape index (κ1) is 22.1. The van der Waals surface area contributed by atoms with Gasteiger partial charge in [0.15, 0.2) is 0 Å². The molecular formula is C26H29N5O3. The molecule has 0 spiro atoms. The van der Waals surface area contributed by atoms with Crippen molar-refractivity contribution < 1.29 is 4.79 Å². The summed E-state index contributed by atoms with van der Waals surface area (Å²) in [5.74, 6) is 0.116. The third-order valence-electron chi connectivity index (χ3n) is 6.59. The molecule has 1 amide bonds. The summed E-state index contributed by atoms with van der Waals surface area (Å²) in [7, 11) is 0. The number of nitrogens with one attached hydrogen (secondary N) is 1. The Morgan fingerprint density at radius 3 is 2.65 bits per heavy atom. The first-order chi connectivity index (χ1) is 16.5. The van der Waals surface area contributed by atoms with E-state index < -0.39 is 0 Å². The van der Waals surface area contributed by atoms with Gasteiger partial charge in [0.05, 0.1) is 17.4 Å². The Bertz CT molecular complexity index is 1500. The van der Waals surface area contributed by atoms with Crippen LogP contribution in [0.15, 0.2) is 52.1 Å². The lowest BCUT2D eigenvalue weighted by atomic mass is 10.1. The molecule has 34 heavy (non-hydrogen) atoms. The van der Waals surface area contributed by atoms with Crippen molar-refractivity contribution in [3.8, 4) is 0 Å². The molecule has 1 aliphatic rings. The largest absolute Gasteiger partial charge is 0.352 e. The van der Waals surface area contributed by atoms with Crippen molar-refractivity contribution in [1.82, 2.24) is 24.1 Å². The van der Waals surface area contributed by atoms with E-state index in [0.717, 1.165) is 43.2 Å². The molecule has 0 unspecified atom stereocenters. The van der Waals surface area contributed by atoms with E-state index in [1.165, 1.54) is 9.08 Å². The van der Waals surface area contributed by atoms with E-state index in [9.17, 15) is 14.4 Å². The number of nitrogens with zero attached hydrogens (tertiary/aromatic N) is 4. The predicted molar refractivity (Wildman–Crippen MR) is 132 cm³/mol. The zero-order chi connectivity index (χ0) is 23.8. The lowest BCUT2D eigenvalue weighted by Gasteiger charge is -2.13. The molecule has 8 heteroatoms. The highest BCUT2D eigenvalue weighted by Crippen LogP contribution is 2.19. The number of benzene rings is 2. The van der Waals surface area contributed by atoms with Crippen LogP contribution in [0.25, 0.3) is 16.7 Å². The second-order valence-corrected chi connectivity index (χ2v) is 9.21. The van der Waals surface area contributed by atoms with Gasteiger partial charge in [-0.15, -0.1) is 5.10 Å².